The highest BCUT2D eigenvalue weighted by Gasteiger charge is 2.31. The van der Waals surface area contributed by atoms with Gasteiger partial charge in [-0.1, -0.05) is 25.8 Å². The minimum atomic E-state index is -0.0556. The van der Waals surface area contributed by atoms with E-state index in [9.17, 15) is 4.79 Å². The van der Waals surface area contributed by atoms with Crippen LogP contribution in [0.2, 0.25) is 0 Å². The second-order valence-electron chi connectivity index (χ2n) is 3.99. The van der Waals surface area contributed by atoms with Gasteiger partial charge in [-0.25, -0.2) is 0 Å². The molecule has 2 nitrogen and oxygen atoms in total. The monoisotopic (exact) mass is 196 g/mol. The minimum Gasteiger partial charge on any atom is -0.458 e. The van der Waals surface area contributed by atoms with E-state index in [0.717, 1.165) is 19.3 Å². The number of unbranched alkanes of at least 4 members (excludes halogenated alkanes) is 2. The quantitative estimate of drug-likeness (QED) is 0.371. The van der Waals surface area contributed by atoms with Gasteiger partial charge in [-0.3, -0.25) is 4.79 Å². The number of carbonyl (C=O) groups is 1. The van der Waals surface area contributed by atoms with Crippen molar-refractivity contribution in [3.05, 3.63) is 12.2 Å². The van der Waals surface area contributed by atoms with Crippen molar-refractivity contribution in [3.63, 3.8) is 0 Å². The van der Waals surface area contributed by atoms with E-state index >= 15 is 0 Å². The first-order valence-electron chi connectivity index (χ1n) is 5.61. The van der Waals surface area contributed by atoms with Crippen LogP contribution in [-0.4, -0.2) is 12.1 Å². The summed E-state index contributed by atoms with van der Waals surface area (Å²) >= 11 is 0. The van der Waals surface area contributed by atoms with E-state index in [1.54, 1.807) is 0 Å². The summed E-state index contributed by atoms with van der Waals surface area (Å²) in [6.45, 7) is 4.09. The molecule has 80 valence electrons. The Morgan fingerprint density at radius 2 is 2.29 bits per heavy atom. The van der Waals surface area contributed by atoms with Crippen molar-refractivity contribution in [2.75, 3.05) is 0 Å². The molecule has 1 aliphatic carbocycles. The van der Waals surface area contributed by atoms with Gasteiger partial charge in [0, 0.05) is 0 Å². The standard InChI is InChI=1S/C12H20O2/c1-3-4-5-6-7-10(2)14-12(13)11-8-9-11/h6-7,10-11H,3-5,8-9H2,1-2H3/b7-6+. The summed E-state index contributed by atoms with van der Waals surface area (Å²) in [7, 11) is 0. The van der Waals surface area contributed by atoms with Crippen molar-refractivity contribution in [1.29, 1.82) is 0 Å². The van der Waals surface area contributed by atoms with Gasteiger partial charge in [0.25, 0.3) is 0 Å². The van der Waals surface area contributed by atoms with Crippen molar-refractivity contribution in [2.24, 2.45) is 5.92 Å². The smallest absolute Gasteiger partial charge is 0.309 e. The van der Waals surface area contributed by atoms with Crippen LogP contribution in [0, 0.1) is 5.92 Å². The number of allylic oxidation sites excluding steroid dienone is 1. The van der Waals surface area contributed by atoms with Crippen LogP contribution in [0.15, 0.2) is 12.2 Å². The fourth-order valence-electron chi connectivity index (χ4n) is 1.25. The van der Waals surface area contributed by atoms with Gasteiger partial charge >= 0.3 is 5.97 Å². The lowest BCUT2D eigenvalue weighted by atomic mass is 10.2. The molecule has 2 heteroatoms. The summed E-state index contributed by atoms with van der Waals surface area (Å²) in [5.74, 6) is 0.194. The number of ether oxygens (including phenoxy) is 1. The molecule has 1 fully saturated rings. The highest BCUT2D eigenvalue weighted by Crippen LogP contribution is 2.30. The van der Waals surface area contributed by atoms with Gasteiger partial charge in [-0.05, 0) is 32.3 Å². The van der Waals surface area contributed by atoms with Crippen molar-refractivity contribution in [1.82, 2.24) is 0 Å². The summed E-state index contributed by atoms with van der Waals surface area (Å²) in [5.41, 5.74) is 0. The van der Waals surface area contributed by atoms with Crippen LogP contribution in [0.25, 0.3) is 0 Å². The predicted octanol–water partition coefficient (Wildman–Crippen LogP) is 3.07. The molecule has 0 aromatic heterocycles. The maximum atomic E-state index is 11.2. The van der Waals surface area contributed by atoms with E-state index in [0.29, 0.717) is 0 Å². The van der Waals surface area contributed by atoms with Gasteiger partial charge in [0.2, 0.25) is 0 Å². The second-order valence-corrected chi connectivity index (χ2v) is 3.99. The first kappa shape index (κ1) is 11.3. The van der Waals surface area contributed by atoms with E-state index in [2.05, 4.69) is 13.0 Å². The van der Waals surface area contributed by atoms with Gasteiger partial charge < -0.3 is 4.74 Å². The van der Waals surface area contributed by atoms with E-state index in [1.165, 1.54) is 12.8 Å². The minimum absolute atomic E-state index is 0.0161. The fourth-order valence-corrected chi connectivity index (χ4v) is 1.25. The van der Waals surface area contributed by atoms with E-state index in [-0.39, 0.29) is 18.0 Å². The first-order chi connectivity index (χ1) is 6.74. The Morgan fingerprint density at radius 1 is 1.57 bits per heavy atom. The van der Waals surface area contributed by atoms with Gasteiger partial charge in [-0.15, -0.1) is 0 Å². The third-order valence-electron chi connectivity index (χ3n) is 2.34. The van der Waals surface area contributed by atoms with Crippen LogP contribution >= 0.6 is 0 Å². The Hall–Kier alpha value is -0.790. The average molecular weight is 196 g/mol. The van der Waals surface area contributed by atoms with Crippen molar-refractivity contribution in [3.8, 4) is 0 Å². The molecule has 0 heterocycles. The molecule has 1 saturated carbocycles. The number of esters is 1. The largest absolute Gasteiger partial charge is 0.458 e. The van der Waals surface area contributed by atoms with E-state index in [4.69, 9.17) is 4.74 Å². The molecule has 1 unspecified atom stereocenters. The molecular formula is C12H20O2. The normalized spacial score (nSPS) is 18.4. The maximum Gasteiger partial charge on any atom is 0.309 e. The maximum absolute atomic E-state index is 11.2. The summed E-state index contributed by atoms with van der Waals surface area (Å²) in [5, 5.41) is 0. The molecule has 1 aliphatic rings. The Labute approximate surface area is 86.3 Å². The van der Waals surface area contributed by atoms with Gasteiger partial charge in [0.1, 0.15) is 6.10 Å². The molecule has 0 spiro atoms. The zero-order valence-corrected chi connectivity index (χ0v) is 9.16. The van der Waals surface area contributed by atoms with Crippen LogP contribution in [0.4, 0.5) is 0 Å². The molecule has 1 atom stereocenters. The molecule has 0 aromatic rings. The zero-order chi connectivity index (χ0) is 10.4. The number of rotatable bonds is 6. The fraction of sp³-hybridized carbons (Fsp3) is 0.750. The Kier molecular flexibility index (Phi) is 4.71. The third kappa shape index (κ3) is 4.45. The lowest BCUT2D eigenvalue weighted by Crippen LogP contribution is -2.13. The van der Waals surface area contributed by atoms with Crippen molar-refractivity contribution in [2.45, 2.75) is 52.1 Å². The highest BCUT2D eigenvalue weighted by molar-refractivity contribution is 5.75. The van der Waals surface area contributed by atoms with Gasteiger partial charge in [-0.2, -0.15) is 0 Å². The Morgan fingerprint density at radius 3 is 2.86 bits per heavy atom. The SMILES string of the molecule is CCCC/C=C/C(C)OC(=O)C1CC1. The van der Waals surface area contributed by atoms with Crippen molar-refractivity contribution >= 4 is 5.97 Å². The summed E-state index contributed by atoms with van der Waals surface area (Å²) < 4.78 is 5.23. The average Bonchev–Trinajstić information content (AvgIpc) is 2.95. The van der Waals surface area contributed by atoms with E-state index in [1.807, 2.05) is 13.0 Å². The predicted molar refractivity (Wildman–Crippen MR) is 56.9 cm³/mol. The lowest BCUT2D eigenvalue weighted by Gasteiger charge is -2.07. The molecular weight excluding hydrogens is 176 g/mol. The van der Waals surface area contributed by atoms with Crippen LogP contribution in [0.1, 0.15) is 46.0 Å². The third-order valence-corrected chi connectivity index (χ3v) is 2.34. The summed E-state index contributed by atoms with van der Waals surface area (Å²) in [4.78, 5) is 11.2. The molecule has 0 aliphatic heterocycles. The molecule has 0 aromatic carbocycles. The van der Waals surface area contributed by atoms with Crippen LogP contribution < -0.4 is 0 Å². The zero-order valence-electron chi connectivity index (χ0n) is 9.16. The molecule has 14 heavy (non-hydrogen) atoms. The van der Waals surface area contributed by atoms with E-state index < -0.39 is 0 Å². The summed E-state index contributed by atoms with van der Waals surface area (Å²) in [6, 6.07) is 0. The topological polar surface area (TPSA) is 26.3 Å². The molecule has 1 rings (SSSR count). The molecule has 0 radical (unpaired) electrons. The Balaban J connectivity index is 2.10. The van der Waals surface area contributed by atoms with Gasteiger partial charge in [0.05, 0.1) is 5.92 Å². The first-order valence-corrected chi connectivity index (χ1v) is 5.61. The summed E-state index contributed by atoms with van der Waals surface area (Å²) in [6.07, 6.45) is 9.57. The van der Waals surface area contributed by atoms with Crippen LogP contribution in [-0.2, 0) is 9.53 Å². The number of hydrogen-bond donors (Lipinski definition) is 0. The van der Waals surface area contributed by atoms with Crippen LogP contribution in [0.3, 0.4) is 0 Å². The molecule has 0 saturated heterocycles. The van der Waals surface area contributed by atoms with Crippen LogP contribution in [0.5, 0.6) is 0 Å². The molecule has 0 bridgehead atoms. The lowest BCUT2D eigenvalue weighted by molar-refractivity contribution is -0.147. The Bertz CT molecular complexity index is 204. The molecule has 0 N–H and O–H groups in total. The van der Waals surface area contributed by atoms with Gasteiger partial charge in [0.15, 0.2) is 0 Å². The second kappa shape index (κ2) is 5.84. The number of hydrogen-bond acceptors (Lipinski definition) is 2. The number of carbonyl (C=O) groups excluding carboxylic acids is 1. The van der Waals surface area contributed by atoms with Crippen molar-refractivity contribution < 1.29 is 9.53 Å². The molecule has 0 amide bonds. The highest BCUT2D eigenvalue weighted by atomic mass is 16.5.